The van der Waals surface area contributed by atoms with Gasteiger partial charge >= 0.3 is 0 Å². The molecule has 0 atom stereocenters. The maximum Gasteiger partial charge on any atom is 0.251 e. The number of benzene rings is 2. The van der Waals surface area contributed by atoms with Gasteiger partial charge in [-0.25, -0.2) is 0 Å². The molecule has 0 saturated carbocycles. The number of methoxy groups -OCH3 is 1. The molecule has 1 amide bonds. The average Bonchev–Trinajstić information content (AvgIpc) is 3.22. The highest BCUT2D eigenvalue weighted by Gasteiger charge is 2.16. The molecular formula is C21H25ClN2O3. The molecule has 1 aliphatic rings. The number of hydrogen-bond acceptors (Lipinski definition) is 4. The van der Waals surface area contributed by atoms with Gasteiger partial charge in [-0.3, -0.25) is 4.79 Å². The van der Waals surface area contributed by atoms with Crippen LogP contribution < -0.4 is 19.7 Å². The second-order valence-electron chi connectivity index (χ2n) is 6.47. The standard InChI is InChI=1S/C21H25ClN2O3/c1-3-27-20-18(22)12-16(13-19(20)26-2)21(25)23-14-15-6-8-17(9-7-15)24-10-4-5-11-24/h6-9,12-13H,3-5,10-11,14H2,1-2H3,(H,23,25). The molecule has 27 heavy (non-hydrogen) atoms. The Morgan fingerprint density at radius 2 is 1.89 bits per heavy atom. The molecule has 0 bridgehead atoms. The van der Waals surface area contributed by atoms with E-state index in [9.17, 15) is 4.79 Å². The molecule has 2 aromatic carbocycles. The summed E-state index contributed by atoms with van der Waals surface area (Å²) in [5.74, 6) is 0.696. The van der Waals surface area contributed by atoms with Crippen LogP contribution in [0.2, 0.25) is 5.02 Å². The lowest BCUT2D eigenvalue weighted by atomic mass is 10.1. The maximum absolute atomic E-state index is 12.5. The van der Waals surface area contributed by atoms with Crippen molar-refractivity contribution in [3.63, 3.8) is 0 Å². The van der Waals surface area contributed by atoms with Gasteiger partial charge in [-0.05, 0) is 49.6 Å². The fourth-order valence-electron chi connectivity index (χ4n) is 3.22. The molecule has 144 valence electrons. The highest BCUT2D eigenvalue weighted by molar-refractivity contribution is 6.32. The van der Waals surface area contributed by atoms with Gasteiger partial charge in [0.1, 0.15) is 0 Å². The van der Waals surface area contributed by atoms with Crippen LogP contribution in [0.1, 0.15) is 35.7 Å². The van der Waals surface area contributed by atoms with Gasteiger partial charge in [-0.15, -0.1) is 0 Å². The van der Waals surface area contributed by atoms with Crippen LogP contribution in [-0.4, -0.2) is 32.7 Å². The van der Waals surface area contributed by atoms with E-state index in [4.69, 9.17) is 21.1 Å². The van der Waals surface area contributed by atoms with Gasteiger partial charge in [-0.2, -0.15) is 0 Å². The zero-order valence-corrected chi connectivity index (χ0v) is 16.5. The molecule has 1 aliphatic heterocycles. The summed E-state index contributed by atoms with van der Waals surface area (Å²) >= 11 is 6.24. The van der Waals surface area contributed by atoms with Gasteiger partial charge in [0.05, 0.1) is 18.7 Å². The molecule has 1 fully saturated rings. The lowest BCUT2D eigenvalue weighted by Gasteiger charge is -2.17. The molecule has 0 spiro atoms. The molecule has 0 aromatic heterocycles. The zero-order valence-electron chi connectivity index (χ0n) is 15.8. The van der Waals surface area contributed by atoms with Crippen molar-refractivity contribution in [3.8, 4) is 11.5 Å². The van der Waals surface area contributed by atoms with Crippen molar-refractivity contribution in [1.82, 2.24) is 5.32 Å². The summed E-state index contributed by atoms with van der Waals surface area (Å²) in [6.07, 6.45) is 2.51. The molecule has 3 rings (SSSR count). The number of carbonyl (C=O) groups excluding carboxylic acids is 1. The third-order valence-corrected chi connectivity index (χ3v) is 4.92. The van der Waals surface area contributed by atoms with E-state index in [2.05, 4.69) is 34.5 Å². The molecular weight excluding hydrogens is 364 g/mol. The number of hydrogen-bond donors (Lipinski definition) is 1. The minimum absolute atomic E-state index is 0.207. The molecule has 1 heterocycles. The quantitative estimate of drug-likeness (QED) is 0.769. The summed E-state index contributed by atoms with van der Waals surface area (Å²) < 4.78 is 10.8. The highest BCUT2D eigenvalue weighted by atomic mass is 35.5. The monoisotopic (exact) mass is 388 g/mol. The zero-order chi connectivity index (χ0) is 19.2. The largest absolute Gasteiger partial charge is 0.493 e. The first-order valence-corrected chi connectivity index (χ1v) is 9.62. The summed E-state index contributed by atoms with van der Waals surface area (Å²) in [4.78, 5) is 14.9. The minimum atomic E-state index is -0.207. The van der Waals surface area contributed by atoms with Gasteiger partial charge in [0.25, 0.3) is 5.91 Å². The van der Waals surface area contributed by atoms with Crippen LogP contribution in [0.3, 0.4) is 0 Å². The van der Waals surface area contributed by atoms with Crippen LogP contribution in [0.15, 0.2) is 36.4 Å². The Kier molecular flexibility index (Phi) is 6.45. The van der Waals surface area contributed by atoms with E-state index < -0.39 is 0 Å². The van der Waals surface area contributed by atoms with Crippen molar-refractivity contribution in [3.05, 3.63) is 52.5 Å². The van der Waals surface area contributed by atoms with Gasteiger partial charge in [-0.1, -0.05) is 23.7 Å². The van der Waals surface area contributed by atoms with Gasteiger partial charge < -0.3 is 19.7 Å². The predicted octanol–water partition coefficient (Wildman–Crippen LogP) is 4.28. The van der Waals surface area contributed by atoms with Gasteiger partial charge in [0.15, 0.2) is 11.5 Å². The fourth-order valence-corrected chi connectivity index (χ4v) is 3.48. The highest BCUT2D eigenvalue weighted by Crippen LogP contribution is 2.36. The van der Waals surface area contributed by atoms with Gasteiger partial charge in [0.2, 0.25) is 0 Å². The number of carbonyl (C=O) groups is 1. The Labute approximate surface area is 165 Å². The summed E-state index contributed by atoms with van der Waals surface area (Å²) in [6, 6.07) is 11.6. The maximum atomic E-state index is 12.5. The van der Waals surface area contributed by atoms with Crippen molar-refractivity contribution >= 4 is 23.2 Å². The van der Waals surface area contributed by atoms with Gasteiger partial charge in [0, 0.05) is 30.9 Å². The molecule has 6 heteroatoms. The van der Waals surface area contributed by atoms with E-state index >= 15 is 0 Å². The van der Waals surface area contributed by atoms with E-state index in [0.29, 0.717) is 35.2 Å². The van der Waals surface area contributed by atoms with Crippen LogP contribution in [0.4, 0.5) is 5.69 Å². The van der Waals surface area contributed by atoms with Crippen LogP contribution >= 0.6 is 11.6 Å². The van der Waals surface area contributed by atoms with Crippen LogP contribution in [-0.2, 0) is 6.54 Å². The second kappa shape index (κ2) is 9.00. The minimum Gasteiger partial charge on any atom is -0.493 e. The van der Waals surface area contributed by atoms with E-state index in [1.165, 1.54) is 25.6 Å². The normalized spacial score (nSPS) is 13.5. The average molecular weight is 389 g/mol. The van der Waals surface area contributed by atoms with E-state index in [0.717, 1.165) is 18.7 Å². The smallest absolute Gasteiger partial charge is 0.251 e. The Hall–Kier alpha value is -2.40. The van der Waals surface area contributed by atoms with Crippen LogP contribution in [0.25, 0.3) is 0 Å². The Morgan fingerprint density at radius 1 is 1.19 bits per heavy atom. The molecule has 0 unspecified atom stereocenters. The number of ether oxygens (including phenoxy) is 2. The molecule has 1 saturated heterocycles. The van der Waals surface area contributed by atoms with Crippen molar-refractivity contribution in [2.75, 3.05) is 31.7 Å². The predicted molar refractivity (Wildman–Crippen MR) is 108 cm³/mol. The summed E-state index contributed by atoms with van der Waals surface area (Å²) in [6.45, 7) is 5.03. The van der Waals surface area contributed by atoms with Crippen LogP contribution in [0, 0.1) is 0 Å². The first kappa shape index (κ1) is 19.4. The number of rotatable bonds is 7. The SMILES string of the molecule is CCOc1c(Cl)cc(C(=O)NCc2ccc(N3CCCC3)cc2)cc1OC. The number of amides is 1. The number of nitrogens with one attached hydrogen (secondary N) is 1. The van der Waals surface area contributed by atoms with E-state index in [-0.39, 0.29) is 5.91 Å². The summed E-state index contributed by atoms with van der Waals surface area (Å²) in [7, 11) is 1.53. The van der Waals surface area contributed by atoms with E-state index in [1.807, 2.05) is 6.92 Å². The molecule has 2 aromatic rings. The fraction of sp³-hybridized carbons (Fsp3) is 0.381. The van der Waals surface area contributed by atoms with Crippen molar-refractivity contribution in [1.29, 1.82) is 0 Å². The number of halogens is 1. The molecule has 0 aliphatic carbocycles. The van der Waals surface area contributed by atoms with Crippen molar-refractivity contribution < 1.29 is 14.3 Å². The topological polar surface area (TPSA) is 50.8 Å². The summed E-state index contributed by atoms with van der Waals surface area (Å²) in [5, 5.41) is 3.28. The Balaban J connectivity index is 1.64. The molecule has 0 radical (unpaired) electrons. The second-order valence-corrected chi connectivity index (χ2v) is 6.87. The summed E-state index contributed by atoms with van der Waals surface area (Å²) in [5.41, 5.74) is 2.73. The number of nitrogens with zero attached hydrogens (tertiary/aromatic N) is 1. The van der Waals surface area contributed by atoms with Crippen LogP contribution in [0.5, 0.6) is 11.5 Å². The third-order valence-electron chi connectivity index (χ3n) is 4.64. The lowest BCUT2D eigenvalue weighted by Crippen LogP contribution is -2.23. The number of anilines is 1. The first-order chi connectivity index (χ1) is 13.1. The molecule has 5 nitrogen and oxygen atoms in total. The Bertz CT molecular complexity index is 787. The van der Waals surface area contributed by atoms with Crippen molar-refractivity contribution in [2.45, 2.75) is 26.3 Å². The molecule has 1 N–H and O–H groups in total. The van der Waals surface area contributed by atoms with Crippen molar-refractivity contribution in [2.24, 2.45) is 0 Å². The van der Waals surface area contributed by atoms with E-state index in [1.54, 1.807) is 12.1 Å². The Morgan fingerprint density at radius 3 is 2.52 bits per heavy atom. The first-order valence-electron chi connectivity index (χ1n) is 9.24. The lowest BCUT2D eigenvalue weighted by molar-refractivity contribution is 0.0950. The third kappa shape index (κ3) is 4.66.